The van der Waals surface area contributed by atoms with E-state index in [1.165, 1.54) is 19.9 Å². The van der Waals surface area contributed by atoms with Crippen molar-refractivity contribution in [2.45, 2.75) is 25.9 Å². The SMILES string of the molecule is CC(C)(O)c1ccc(O)c(C(F)F)c1. The van der Waals surface area contributed by atoms with Crippen LogP contribution in [0.1, 0.15) is 31.4 Å². The number of benzene rings is 1. The first kappa shape index (κ1) is 10.9. The van der Waals surface area contributed by atoms with E-state index in [1.807, 2.05) is 0 Å². The Morgan fingerprint density at radius 2 is 1.86 bits per heavy atom. The van der Waals surface area contributed by atoms with Gasteiger partial charge in [0.05, 0.1) is 11.2 Å². The minimum absolute atomic E-state index is 0.352. The van der Waals surface area contributed by atoms with Crippen molar-refractivity contribution in [3.05, 3.63) is 29.3 Å². The first-order chi connectivity index (χ1) is 6.32. The zero-order valence-corrected chi connectivity index (χ0v) is 7.96. The molecule has 14 heavy (non-hydrogen) atoms. The maximum absolute atomic E-state index is 12.4. The third-order valence-electron chi connectivity index (χ3n) is 1.97. The van der Waals surface area contributed by atoms with Gasteiger partial charge in [-0.1, -0.05) is 6.07 Å². The predicted octanol–water partition coefficient (Wildman–Crippen LogP) is 2.56. The summed E-state index contributed by atoms with van der Waals surface area (Å²) in [5, 5.41) is 18.7. The van der Waals surface area contributed by atoms with Gasteiger partial charge in [0.1, 0.15) is 5.75 Å². The van der Waals surface area contributed by atoms with Gasteiger partial charge in [0.15, 0.2) is 0 Å². The number of hydrogen-bond acceptors (Lipinski definition) is 2. The normalized spacial score (nSPS) is 12.1. The number of aromatic hydroxyl groups is 1. The van der Waals surface area contributed by atoms with Crippen LogP contribution in [0.3, 0.4) is 0 Å². The Morgan fingerprint density at radius 1 is 1.29 bits per heavy atom. The lowest BCUT2D eigenvalue weighted by Gasteiger charge is -2.18. The van der Waals surface area contributed by atoms with E-state index in [9.17, 15) is 13.9 Å². The first-order valence-corrected chi connectivity index (χ1v) is 4.16. The Morgan fingerprint density at radius 3 is 2.29 bits per heavy atom. The molecule has 0 saturated heterocycles. The highest BCUT2D eigenvalue weighted by molar-refractivity contribution is 5.38. The van der Waals surface area contributed by atoms with Crippen LogP contribution in [0.5, 0.6) is 5.75 Å². The van der Waals surface area contributed by atoms with Crippen molar-refractivity contribution in [1.82, 2.24) is 0 Å². The summed E-state index contributed by atoms with van der Waals surface area (Å²) < 4.78 is 24.7. The second-order valence-electron chi connectivity index (χ2n) is 3.63. The lowest BCUT2D eigenvalue weighted by atomic mass is 9.96. The van der Waals surface area contributed by atoms with Crippen LogP contribution in [0, 0.1) is 0 Å². The van der Waals surface area contributed by atoms with Crippen LogP contribution < -0.4 is 0 Å². The summed E-state index contributed by atoms with van der Waals surface area (Å²) in [6.07, 6.45) is -2.74. The molecule has 0 aliphatic carbocycles. The molecule has 1 aromatic rings. The van der Waals surface area contributed by atoms with Crippen molar-refractivity contribution >= 4 is 0 Å². The summed E-state index contributed by atoms with van der Waals surface area (Å²) in [4.78, 5) is 0. The van der Waals surface area contributed by atoms with Gasteiger partial charge >= 0.3 is 0 Å². The van der Waals surface area contributed by atoms with Crippen molar-refractivity contribution in [3.8, 4) is 5.75 Å². The van der Waals surface area contributed by atoms with Crippen LogP contribution in [0.25, 0.3) is 0 Å². The molecule has 0 amide bonds. The minimum Gasteiger partial charge on any atom is -0.507 e. The molecule has 1 aromatic carbocycles. The molecule has 78 valence electrons. The Hall–Kier alpha value is -1.16. The Kier molecular flexibility index (Phi) is 2.76. The Bertz CT molecular complexity index is 329. The van der Waals surface area contributed by atoms with Crippen molar-refractivity contribution in [2.24, 2.45) is 0 Å². The highest BCUT2D eigenvalue weighted by atomic mass is 19.3. The lowest BCUT2D eigenvalue weighted by molar-refractivity contribution is 0.0778. The van der Waals surface area contributed by atoms with Crippen LogP contribution in [0.15, 0.2) is 18.2 Å². The maximum Gasteiger partial charge on any atom is 0.267 e. The highest BCUT2D eigenvalue weighted by Gasteiger charge is 2.20. The fourth-order valence-corrected chi connectivity index (χ4v) is 1.11. The van der Waals surface area contributed by atoms with E-state index in [0.717, 1.165) is 12.1 Å². The molecular weight excluding hydrogens is 190 g/mol. The van der Waals surface area contributed by atoms with Crippen LogP contribution in [-0.4, -0.2) is 10.2 Å². The quantitative estimate of drug-likeness (QED) is 0.773. The molecule has 1 rings (SSSR count). The lowest BCUT2D eigenvalue weighted by Crippen LogP contribution is -2.15. The number of alkyl halides is 2. The standard InChI is InChI=1S/C10H12F2O2/c1-10(2,14)6-3-4-8(13)7(5-6)9(11)12/h3-5,9,13-14H,1-2H3. The smallest absolute Gasteiger partial charge is 0.267 e. The molecular formula is C10H12F2O2. The van der Waals surface area contributed by atoms with Crippen molar-refractivity contribution < 1.29 is 19.0 Å². The fourth-order valence-electron chi connectivity index (χ4n) is 1.11. The van der Waals surface area contributed by atoms with Crippen molar-refractivity contribution in [3.63, 3.8) is 0 Å². The third-order valence-corrected chi connectivity index (χ3v) is 1.97. The molecule has 0 heterocycles. The van der Waals surface area contributed by atoms with Gasteiger partial charge in [0.2, 0.25) is 0 Å². The number of phenols is 1. The number of phenolic OH excluding ortho intramolecular Hbond substituents is 1. The third kappa shape index (κ3) is 2.20. The molecule has 0 fully saturated rings. The second-order valence-corrected chi connectivity index (χ2v) is 3.63. The number of halogens is 2. The molecule has 0 spiro atoms. The molecule has 0 aromatic heterocycles. The summed E-state index contributed by atoms with van der Waals surface area (Å²) >= 11 is 0. The average Bonchev–Trinajstić information content (AvgIpc) is 2.02. The van der Waals surface area contributed by atoms with Gasteiger partial charge < -0.3 is 10.2 Å². The molecule has 0 saturated carbocycles. The van der Waals surface area contributed by atoms with Crippen molar-refractivity contribution in [2.75, 3.05) is 0 Å². The van der Waals surface area contributed by atoms with Crippen LogP contribution >= 0.6 is 0 Å². The van der Waals surface area contributed by atoms with E-state index in [-0.39, 0.29) is 0 Å². The van der Waals surface area contributed by atoms with Crippen LogP contribution in [-0.2, 0) is 5.60 Å². The van der Waals surface area contributed by atoms with Gasteiger partial charge in [-0.2, -0.15) is 0 Å². The summed E-state index contributed by atoms with van der Waals surface area (Å²) in [6.45, 7) is 2.99. The summed E-state index contributed by atoms with van der Waals surface area (Å²) in [7, 11) is 0. The van der Waals surface area contributed by atoms with E-state index in [0.29, 0.717) is 5.56 Å². The summed E-state index contributed by atoms with van der Waals surface area (Å²) in [6, 6.07) is 3.69. The summed E-state index contributed by atoms with van der Waals surface area (Å²) in [5.74, 6) is -0.451. The Labute approximate surface area is 80.8 Å². The zero-order valence-electron chi connectivity index (χ0n) is 7.96. The fraction of sp³-hybridized carbons (Fsp3) is 0.400. The highest BCUT2D eigenvalue weighted by Crippen LogP contribution is 2.32. The molecule has 0 atom stereocenters. The van der Waals surface area contributed by atoms with Gasteiger partial charge in [-0.25, -0.2) is 8.78 Å². The Balaban J connectivity index is 3.20. The molecule has 2 N–H and O–H groups in total. The number of rotatable bonds is 2. The molecule has 0 aliphatic heterocycles. The van der Waals surface area contributed by atoms with Gasteiger partial charge in [0, 0.05) is 0 Å². The van der Waals surface area contributed by atoms with E-state index in [1.54, 1.807) is 0 Å². The molecule has 0 unspecified atom stereocenters. The number of hydrogen-bond donors (Lipinski definition) is 2. The number of aliphatic hydroxyl groups is 1. The van der Waals surface area contributed by atoms with E-state index >= 15 is 0 Å². The van der Waals surface area contributed by atoms with E-state index in [2.05, 4.69) is 0 Å². The monoisotopic (exact) mass is 202 g/mol. The summed E-state index contributed by atoms with van der Waals surface area (Å²) in [5.41, 5.74) is -1.28. The molecule has 4 heteroatoms. The van der Waals surface area contributed by atoms with Crippen molar-refractivity contribution in [1.29, 1.82) is 0 Å². The predicted molar refractivity (Wildman–Crippen MR) is 48.3 cm³/mol. The van der Waals surface area contributed by atoms with Crippen LogP contribution in [0.2, 0.25) is 0 Å². The van der Waals surface area contributed by atoms with Gasteiger partial charge in [-0.05, 0) is 31.5 Å². The zero-order chi connectivity index (χ0) is 10.9. The first-order valence-electron chi connectivity index (χ1n) is 4.16. The van der Waals surface area contributed by atoms with Gasteiger partial charge in [-0.3, -0.25) is 0 Å². The van der Waals surface area contributed by atoms with E-state index < -0.39 is 23.3 Å². The molecule has 2 nitrogen and oxygen atoms in total. The second kappa shape index (κ2) is 3.53. The van der Waals surface area contributed by atoms with Gasteiger partial charge in [-0.15, -0.1) is 0 Å². The van der Waals surface area contributed by atoms with E-state index in [4.69, 9.17) is 5.11 Å². The molecule has 0 bridgehead atoms. The largest absolute Gasteiger partial charge is 0.507 e. The molecule has 0 aliphatic rings. The average molecular weight is 202 g/mol. The topological polar surface area (TPSA) is 40.5 Å². The van der Waals surface area contributed by atoms with Crippen LogP contribution in [0.4, 0.5) is 8.78 Å². The van der Waals surface area contributed by atoms with Gasteiger partial charge in [0.25, 0.3) is 6.43 Å². The molecule has 0 radical (unpaired) electrons. The maximum atomic E-state index is 12.4. The minimum atomic E-state index is -2.74.